The van der Waals surface area contributed by atoms with Crippen molar-refractivity contribution < 1.29 is 62.8 Å². The van der Waals surface area contributed by atoms with Gasteiger partial charge in [-0.15, -0.1) is 0 Å². The van der Waals surface area contributed by atoms with Crippen LogP contribution < -0.4 is 21.3 Å². The Kier molecular flexibility index (Phi) is 31.7. The lowest BCUT2D eigenvalue weighted by Gasteiger charge is -2.28. The van der Waals surface area contributed by atoms with Crippen LogP contribution in [0.1, 0.15) is 57.8 Å². The van der Waals surface area contributed by atoms with Crippen molar-refractivity contribution in [3.05, 3.63) is 0 Å². The van der Waals surface area contributed by atoms with E-state index in [0.29, 0.717) is 31.4 Å². The van der Waals surface area contributed by atoms with E-state index in [-0.39, 0.29) is 113 Å². The summed E-state index contributed by atoms with van der Waals surface area (Å²) in [6.07, 6.45) is 5.66. The summed E-state index contributed by atoms with van der Waals surface area (Å²) < 4.78 is 10.7. The topological polar surface area (TPSA) is 264 Å². The molecule has 0 saturated heterocycles. The van der Waals surface area contributed by atoms with Gasteiger partial charge in [0.2, 0.25) is 29.5 Å². The smallest absolute Gasteiger partial charge is 0.306 e. The third kappa shape index (κ3) is 28.9. The molecule has 0 heterocycles. The number of thioether (sulfide) groups is 3. The Bertz CT molecular complexity index is 1240. The van der Waals surface area contributed by atoms with Gasteiger partial charge in [0.1, 0.15) is 18.4 Å². The second-order valence-corrected chi connectivity index (χ2v) is 15.1. The molecule has 0 aromatic rings. The van der Waals surface area contributed by atoms with Gasteiger partial charge in [0.25, 0.3) is 0 Å². The average molecular weight is 854 g/mol. The SMILES string of the molecule is CSCC(=O)CCCCC(=O)NCCOCCOCC(=O)C[C@@H](CCC(=O)NC(CCC(=O)O)C(=O)N(CCNC(=O)CSC)CCNC(=O)CSC)C(=O)O. The number of carboxylic acids is 2. The quantitative estimate of drug-likeness (QED) is 0.0460. The summed E-state index contributed by atoms with van der Waals surface area (Å²) in [5, 5.41) is 29.5. The van der Waals surface area contributed by atoms with Gasteiger partial charge in [-0.2, -0.15) is 35.3 Å². The Morgan fingerprint density at radius 1 is 0.607 bits per heavy atom. The van der Waals surface area contributed by atoms with E-state index in [0.717, 1.165) is 0 Å². The number of ether oxygens (including phenoxy) is 2. The molecule has 21 heteroatoms. The lowest BCUT2D eigenvalue weighted by atomic mass is 9.97. The number of Topliss-reactive ketones (excluding diaryl/α,β-unsaturated/α-hetero) is 2. The number of ketones is 2. The van der Waals surface area contributed by atoms with Gasteiger partial charge >= 0.3 is 11.9 Å². The Labute approximate surface area is 341 Å². The van der Waals surface area contributed by atoms with E-state index in [2.05, 4.69) is 21.3 Å². The molecule has 320 valence electrons. The standard InChI is InChI=1S/C35H59N5O13S3/c1-54-22-26(41)6-4-5-7-29(43)38-14-17-52-18-19-53-21-27(42)20-25(35(50)51)8-10-30(44)39-28(9-11-33(47)48)34(49)40(15-12-36-31(45)23-55-2)16-13-37-32(46)24-56-3/h25,28H,4-24H2,1-3H3,(H,36,45)(H,37,46)(H,38,43)(H,39,44)(H,47,48)(H,50,51)/t25-,28?/m1/s1. The monoisotopic (exact) mass is 853 g/mol. The van der Waals surface area contributed by atoms with Crippen molar-refractivity contribution in [1.29, 1.82) is 0 Å². The van der Waals surface area contributed by atoms with Crippen LogP contribution in [-0.2, 0) is 52.6 Å². The van der Waals surface area contributed by atoms with Crippen molar-refractivity contribution in [2.45, 2.75) is 63.8 Å². The fourth-order valence-corrected chi connectivity index (χ4v) is 6.11. The second kappa shape index (κ2) is 33.7. The molecular weight excluding hydrogens is 795 g/mol. The zero-order valence-electron chi connectivity index (χ0n) is 32.6. The summed E-state index contributed by atoms with van der Waals surface area (Å²) in [4.78, 5) is 111. The van der Waals surface area contributed by atoms with E-state index in [9.17, 15) is 53.4 Å². The van der Waals surface area contributed by atoms with Gasteiger partial charge in [-0.3, -0.25) is 43.2 Å². The zero-order valence-corrected chi connectivity index (χ0v) is 35.0. The molecule has 0 rings (SSSR count). The number of amides is 5. The number of aliphatic carboxylic acids is 2. The number of nitrogens with one attached hydrogen (secondary N) is 4. The zero-order chi connectivity index (χ0) is 42.1. The molecule has 18 nitrogen and oxygen atoms in total. The molecule has 0 radical (unpaired) electrons. The first kappa shape index (κ1) is 52.6. The van der Waals surface area contributed by atoms with Crippen LogP contribution >= 0.6 is 35.3 Å². The average Bonchev–Trinajstić information content (AvgIpc) is 3.13. The second-order valence-electron chi connectivity index (χ2n) is 12.5. The van der Waals surface area contributed by atoms with E-state index in [1.54, 1.807) is 12.5 Å². The number of rotatable bonds is 36. The number of carbonyl (C=O) groups is 9. The molecule has 0 bridgehead atoms. The van der Waals surface area contributed by atoms with E-state index >= 15 is 0 Å². The van der Waals surface area contributed by atoms with Gasteiger partial charge in [-0.1, -0.05) is 0 Å². The Balaban J connectivity index is 4.89. The maximum atomic E-state index is 13.6. The van der Waals surface area contributed by atoms with Gasteiger partial charge in [-0.05, 0) is 44.5 Å². The summed E-state index contributed by atoms with van der Waals surface area (Å²) in [6, 6.07) is -1.29. The Hall–Kier alpha value is -3.40. The van der Waals surface area contributed by atoms with E-state index in [1.165, 1.54) is 40.2 Å². The predicted molar refractivity (Wildman–Crippen MR) is 215 cm³/mol. The summed E-state index contributed by atoms with van der Waals surface area (Å²) >= 11 is 4.10. The minimum absolute atomic E-state index is 0.0107. The maximum absolute atomic E-state index is 13.6. The number of nitrogens with zero attached hydrogens (tertiary/aromatic N) is 1. The molecule has 0 spiro atoms. The molecule has 0 aromatic heterocycles. The van der Waals surface area contributed by atoms with Crippen LogP contribution in [0, 0.1) is 5.92 Å². The van der Waals surface area contributed by atoms with Gasteiger partial charge in [-0.25, -0.2) is 0 Å². The minimum atomic E-state index is -1.31. The number of hydrogen-bond donors (Lipinski definition) is 6. The van der Waals surface area contributed by atoms with Crippen LogP contribution in [0.2, 0.25) is 0 Å². The predicted octanol–water partition coefficient (Wildman–Crippen LogP) is 0.205. The molecule has 0 fully saturated rings. The molecule has 0 aromatic carbocycles. The maximum Gasteiger partial charge on any atom is 0.306 e. The molecule has 6 N–H and O–H groups in total. The molecule has 0 aliphatic carbocycles. The fourth-order valence-electron chi connectivity index (χ4n) is 4.92. The Morgan fingerprint density at radius 3 is 1.75 bits per heavy atom. The van der Waals surface area contributed by atoms with Crippen LogP contribution in [0.4, 0.5) is 0 Å². The van der Waals surface area contributed by atoms with Crippen molar-refractivity contribution in [1.82, 2.24) is 26.2 Å². The number of hydrogen-bond acceptors (Lipinski definition) is 14. The number of unbranched alkanes of at least 4 members (excludes halogenated alkanes) is 1. The van der Waals surface area contributed by atoms with E-state index in [1.807, 2.05) is 6.26 Å². The number of carbonyl (C=O) groups excluding carboxylic acids is 7. The third-order valence-electron chi connectivity index (χ3n) is 7.71. The van der Waals surface area contributed by atoms with Crippen molar-refractivity contribution in [2.75, 3.05) is 95.2 Å². The number of carboxylic acid groups (broad SMARTS) is 2. The van der Waals surface area contributed by atoms with Crippen molar-refractivity contribution in [3.63, 3.8) is 0 Å². The van der Waals surface area contributed by atoms with E-state index in [4.69, 9.17) is 9.47 Å². The summed E-state index contributed by atoms with van der Waals surface area (Å²) in [5.74, 6) is -5.22. The lowest BCUT2D eigenvalue weighted by Crippen LogP contribution is -2.52. The largest absolute Gasteiger partial charge is 0.481 e. The minimum Gasteiger partial charge on any atom is -0.481 e. The van der Waals surface area contributed by atoms with Gasteiger partial charge in [0.15, 0.2) is 5.78 Å². The molecule has 0 saturated carbocycles. The normalized spacial score (nSPS) is 11.8. The highest BCUT2D eigenvalue weighted by molar-refractivity contribution is 7.99. The van der Waals surface area contributed by atoms with Crippen LogP contribution in [0.3, 0.4) is 0 Å². The Morgan fingerprint density at radius 2 is 1.18 bits per heavy atom. The van der Waals surface area contributed by atoms with Gasteiger partial charge < -0.3 is 45.9 Å². The molecule has 0 aliphatic rings. The van der Waals surface area contributed by atoms with Gasteiger partial charge in [0, 0.05) is 64.8 Å². The summed E-state index contributed by atoms with van der Waals surface area (Å²) in [7, 11) is 0. The summed E-state index contributed by atoms with van der Waals surface area (Å²) in [5.41, 5.74) is 0. The van der Waals surface area contributed by atoms with Crippen LogP contribution in [0.5, 0.6) is 0 Å². The molecular formula is C35H59N5O13S3. The first-order valence-corrected chi connectivity index (χ1v) is 22.4. The highest BCUT2D eigenvalue weighted by Gasteiger charge is 2.28. The molecule has 2 atom stereocenters. The van der Waals surface area contributed by atoms with Crippen LogP contribution in [-0.4, -0.2) is 169 Å². The van der Waals surface area contributed by atoms with Crippen molar-refractivity contribution >= 4 is 88.3 Å². The highest BCUT2D eigenvalue weighted by Crippen LogP contribution is 2.14. The van der Waals surface area contributed by atoms with Crippen LogP contribution in [0.15, 0.2) is 0 Å². The molecule has 5 amide bonds. The van der Waals surface area contributed by atoms with Gasteiger partial charge in [0.05, 0.1) is 43.0 Å². The van der Waals surface area contributed by atoms with Crippen LogP contribution in [0.25, 0.3) is 0 Å². The fraction of sp³-hybridized carbons (Fsp3) is 0.743. The molecule has 1 unspecified atom stereocenters. The highest BCUT2D eigenvalue weighted by atomic mass is 32.2. The van der Waals surface area contributed by atoms with E-state index < -0.39 is 54.3 Å². The summed E-state index contributed by atoms with van der Waals surface area (Å²) in [6.45, 7) is 0.439. The third-order valence-corrected chi connectivity index (χ3v) is 9.42. The lowest BCUT2D eigenvalue weighted by molar-refractivity contribution is -0.145. The molecule has 56 heavy (non-hydrogen) atoms. The first-order chi connectivity index (χ1) is 26.7. The van der Waals surface area contributed by atoms with Crippen molar-refractivity contribution in [3.8, 4) is 0 Å². The molecule has 0 aliphatic heterocycles. The first-order valence-electron chi connectivity index (χ1n) is 18.2. The van der Waals surface area contributed by atoms with Crippen molar-refractivity contribution in [2.24, 2.45) is 5.92 Å².